The lowest BCUT2D eigenvalue weighted by Gasteiger charge is -2.18. The number of hydrogen-bond acceptors (Lipinski definition) is 5. The molecule has 2 atom stereocenters. The van der Waals surface area contributed by atoms with Gasteiger partial charge < -0.3 is 10.0 Å². The predicted octanol–water partition coefficient (Wildman–Crippen LogP) is 0.781. The van der Waals surface area contributed by atoms with Crippen molar-refractivity contribution in [2.45, 2.75) is 25.4 Å². The third kappa shape index (κ3) is 5.00. The molecule has 8 heteroatoms. The van der Waals surface area contributed by atoms with Gasteiger partial charge in [0.05, 0.1) is 11.9 Å². The van der Waals surface area contributed by atoms with Crippen LogP contribution in [0, 0.1) is 5.92 Å². The Morgan fingerprint density at radius 3 is 2.78 bits per heavy atom. The molecule has 1 fully saturated rings. The van der Waals surface area contributed by atoms with Crippen molar-refractivity contribution in [2.75, 3.05) is 32.9 Å². The number of aliphatic hydroxyl groups is 1. The van der Waals surface area contributed by atoms with Gasteiger partial charge in [0.2, 0.25) is 15.9 Å². The van der Waals surface area contributed by atoms with E-state index in [1.807, 2.05) is 11.4 Å². The van der Waals surface area contributed by atoms with Crippen molar-refractivity contribution in [3.8, 4) is 0 Å². The third-order valence-electron chi connectivity index (χ3n) is 4.13. The van der Waals surface area contributed by atoms with Crippen LogP contribution in [-0.2, 0) is 21.2 Å². The van der Waals surface area contributed by atoms with Crippen LogP contribution in [0.5, 0.6) is 0 Å². The first-order valence-corrected chi connectivity index (χ1v) is 10.2. The molecule has 1 aliphatic rings. The van der Waals surface area contributed by atoms with Gasteiger partial charge in [-0.05, 0) is 24.3 Å². The van der Waals surface area contributed by atoms with Crippen molar-refractivity contribution in [2.24, 2.45) is 5.92 Å². The Morgan fingerprint density at radius 1 is 1.43 bits per heavy atom. The lowest BCUT2D eigenvalue weighted by Crippen LogP contribution is -2.33. The molecule has 130 valence electrons. The first kappa shape index (κ1) is 18.4. The largest absolute Gasteiger partial charge is 0.391 e. The number of aryl methyl sites for hydroxylation is 1. The maximum absolute atomic E-state index is 12.2. The summed E-state index contributed by atoms with van der Waals surface area (Å²) in [6, 6.07) is 4.05. The minimum atomic E-state index is -3.37. The molecule has 0 unspecified atom stereocenters. The SMILES string of the molecule is CN(C)S(=O)(=O)C[C@@H]1CN(C(=O)CCCc2cccs2)C[C@H]1O. The molecule has 0 bridgehead atoms. The predicted molar refractivity (Wildman–Crippen MR) is 90.8 cm³/mol. The minimum Gasteiger partial charge on any atom is -0.391 e. The maximum atomic E-state index is 12.2. The highest BCUT2D eigenvalue weighted by molar-refractivity contribution is 7.89. The van der Waals surface area contributed by atoms with Gasteiger partial charge in [0.25, 0.3) is 0 Å². The number of carbonyl (C=O) groups excluding carboxylic acids is 1. The van der Waals surface area contributed by atoms with Gasteiger partial charge >= 0.3 is 0 Å². The van der Waals surface area contributed by atoms with Crippen LogP contribution in [-0.4, -0.2) is 67.7 Å². The molecule has 0 spiro atoms. The second kappa shape index (κ2) is 7.74. The van der Waals surface area contributed by atoms with Gasteiger partial charge in [0, 0.05) is 44.4 Å². The molecule has 0 radical (unpaired) electrons. The van der Waals surface area contributed by atoms with Gasteiger partial charge in [-0.2, -0.15) is 0 Å². The van der Waals surface area contributed by atoms with Crippen LogP contribution in [0.3, 0.4) is 0 Å². The van der Waals surface area contributed by atoms with E-state index in [0.29, 0.717) is 13.0 Å². The normalized spacial score (nSPS) is 22.0. The highest BCUT2D eigenvalue weighted by Gasteiger charge is 2.37. The summed E-state index contributed by atoms with van der Waals surface area (Å²) in [7, 11) is -0.421. The van der Waals surface area contributed by atoms with Crippen LogP contribution >= 0.6 is 11.3 Å². The standard InChI is InChI=1S/C15H24N2O4S2/c1-16(2)23(20,21)11-12-9-17(10-14(12)18)15(19)7-3-5-13-6-4-8-22-13/h4,6,8,12,14,18H,3,5,7,9-11H2,1-2H3/t12-,14+/m0/s1. The number of sulfonamides is 1. The molecule has 2 heterocycles. The van der Waals surface area contributed by atoms with Gasteiger partial charge in [0.1, 0.15) is 0 Å². The average Bonchev–Trinajstić information content (AvgIpc) is 3.09. The average molecular weight is 361 g/mol. The summed E-state index contributed by atoms with van der Waals surface area (Å²) in [6.07, 6.45) is 1.30. The van der Waals surface area contributed by atoms with Crippen LogP contribution in [0.2, 0.25) is 0 Å². The molecule has 2 rings (SSSR count). The summed E-state index contributed by atoms with van der Waals surface area (Å²) >= 11 is 1.68. The van der Waals surface area contributed by atoms with E-state index in [-0.39, 0.29) is 18.2 Å². The number of hydrogen-bond donors (Lipinski definition) is 1. The number of β-amino-alcohol motifs (C(OH)–C–C–N with tert-alkyl or cyclic N) is 1. The number of amides is 1. The zero-order valence-electron chi connectivity index (χ0n) is 13.5. The van der Waals surface area contributed by atoms with E-state index in [1.165, 1.54) is 19.0 Å². The fourth-order valence-electron chi connectivity index (χ4n) is 2.67. The smallest absolute Gasteiger partial charge is 0.222 e. The molecular weight excluding hydrogens is 336 g/mol. The lowest BCUT2D eigenvalue weighted by molar-refractivity contribution is -0.130. The quantitative estimate of drug-likeness (QED) is 0.779. The summed E-state index contributed by atoms with van der Waals surface area (Å²) in [4.78, 5) is 15.1. The van der Waals surface area contributed by atoms with Crippen molar-refractivity contribution >= 4 is 27.3 Å². The monoisotopic (exact) mass is 360 g/mol. The van der Waals surface area contributed by atoms with E-state index in [2.05, 4.69) is 6.07 Å². The van der Waals surface area contributed by atoms with Gasteiger partial charge in [-0.1, -0.05) is 6.07 Å². The number of rotatable bonds is 7. The molecule has 23 heavy (non-hydrogen) atoms. The van der Waals surface area contributed by atoms with Crippen molar-refractivity contribution in [3.05, 3.63) is 22.4 Å². The molecule has 1 saturated heterocycles. The van der Waals surface area contributed by atoms with E-state index in [9.17, 15) is 18.3 Å². The van der Waals surface area contributed by atoms with Crippen molar-refractivity contribution in [3.63, 3.8) is 0 Å². The molecule has 0 aliphatic carbocycles. The van der Waals surface area contributed by atoms with Crippen LogP contribution < -0.4 is 0 Å². The van der Waals surface area contributed by atoms with Crippen LogP contribution in [0.15, 0.2) is 17.5 Å². The first-order chi connectivity index (χ1) is 10.8. The number of aliphatic hydroxyl groups excluding tert-OH is 1. The molecule has 1 aromatic heterocycles. The first-order valence-electron chi connectivity index (χ1n) is 7.68. The summed E-state index contributed by atoms with van der Waals surface area (Å²) in [5.41, 5.74) is 0. The number of nitrogens with zero attached hydrogens (tertiary/aromatic N) is 2. The van der Waals surface area contributed by atoms with Crippen molar-refractivity contribution in [1.29, 1.82) is 0 Å². The minimum absolute atomic E-state index is 0.00893. The molecule has 0 saturated carbocycles. The summed E-state index contributed by atoms with van der Waals surface area (Å²) in [5.74, 6) is -0.547. The topological polar surface area (TPSA) is 77.9 Å². The zero-order valence-corrected chi connectivity index (χ0v) is 15.1. The Bertz CT molecular complexity index is 613. The van der Waals surface area contributed by atoms with E-state index in [0.717, 1.165) is 17.1 Å². The van der Waals surface area contributed by atoms with Crippen molar-refractivity contribution in [1.82, 2.24) is 9.21 Å². The van der Waals surface area contributed by atoms with E-state index >= 15 is 0 Å². The van der Waals surface area contributed by atoms with E-state index < -0.39 is 22.0 Å². The Morgan fingerprint density at radius 2 is 2.17 bits per heavy atom. The number of carbonyl (C=O) groups is 1. The van der Waals surface area contributed by atoms with Gasteiger partial charge in [0.15, 0.2) is 0 Å². The molecule has 6 nitrogen and oxygen atoms in total. The number of thiophene rings is 1. The van der Waals surface area contributed by atoms with Gasteiger partial charge in [-0.15, -0.1) is 11.3 Å². The van der Waals surface area contributed by atoms with E-state index in [1.54, 1.807) is 16.2 Å². The molecule has 1 aliphatic heterocycles. The van der Waals surface area contributed by atoms with Gasteiger partial charge in [-0.25, -0.2) is 12.7 Å². The third-order valence-corrected chi connectivity index (χ3v) is 7.03. The van der Waals surface area contributed by atoms with Crippen molar-refractivity contribution < 1.29 is 18.3 Å². The van der Waals surface area contributed by atoms with Crippen LogP contribution in [0.25, 0.3) is 0 Å². The fourth-order valence-corrected chi connectivity index (χ4v) is 4.59. The summed E-state index contributed by atoms with van der Waals surface area (Å²) in [5, 5.41) is 12.1. The highest BCUT2D eigenvalue weighted by Crippen LogP contribution is 2.21. The summed E-state index contributed by atoms with van der Waals surface area (Å²) < 4.78 is 25.0. The Balaban J connectivity index is 1.81. The maximum Gasteiger partial charge on any atom is 0.222 e. The lowest BCUT2D eigenvalue weighted by atomic mass is 10.1. The zero-order chi connectivity index (χ0) is 17.0. The Labute approximate surface area is 141 Å². The fraction of sp³-hybridized carbons (Fsp3) is 0.667. The van der Waals surface area contributed by atoms with E-state index in [4.69, 9.17) is 0 Å². The van der Waals surface area contributed by atoms with Crippen LogP contribution in [0.4, 0.5) is 0 Å². The molecule has 1 N–H and O–H groups in total. The second-order valence-electron chi connectivity index (χ2n) is 6.12. The molecular formula is C15H24N2O4S2. The van der Waals surface area contributed by atoms with Gasteiger partial charge in [-0.3, -0.25) is 4.79 Å². The number of likely N-dealkylation sites (tertiary alicyclic amines) is 1. The molecule has 1 amide bonds. The second-order valence-corrected chi connectivity index (χ2v) is 9.38. The summed E-state index contributed by atoms with van der Waals surface area (Å²) in [6.45, 7) is 0.539. The highest BCUT2D eigenvalue weighted by atomic mass is 32.2. The Hall–Kier alpha value is -0.960. The van der Waals surface area contributed by atoms with Crippen LogP contribution in [0.1, 0.15) is 17.7 Å². The Kier molecular flexibility index (Phi) is 6.19. The molecule has 1 aromatic rings. The molecule has 0 aromatic carbocycles.